The molecule has 0 aromatic rings. The molecule has 0 atom stereocenters. The van der Waals surface area contributed by atoms with Crippen molar-refractivity contribution in [1.82, 2.24) is 0 Å². The van der Waals surface area contributed by atoms with Crippen LogP contribution in [0.3, 0.4) is 0 Å². The Hall–Kier alpha value is 4.48. The fourth-order valence-electron chi connectivity index (χ4n) is 0. The van der Waals surface area contributed by atoms with Crippen molar-refractivity contribution >= 4 is 75.5 Å². The van der Waals surface area contributed by atoms with Gasteiger partial charge in [0.15, 0.2) is 0 Å². The van der Waals surface area contributed by atoms with Crippen LogP contribution in [-0.4, -0.2) is 75.5 Å². The quantitative estimate of drug-likeness (QED) is 0.304. The molecule has 0 aliphatic carbocycles. The van der Waals surface area contributed by atoms with Crippen LogP contribution in [0.4, 0.5) is 0 Å². The van der Waals surface area contributed by atoms with Gasteiger partial charge in [0, 0.05) is 0 Å². The summed E-state index contributed by atoms with van der Waals surface area (Å²) in [6.45, 7) is 0. The van der Waals surface area contributed by atoms with E-state index in [2.05, 4.69) is 0 Å². The van der Waals surface area contributed by atoms with E-state index in [9.17, 15) is 0 Å². The number of rotatable bonds is 0. The molecule has 0 aliphatic heterocycles. The second-order valence-electron chi connectivity index (χ2n) is 0. The monoisotopic (exact) mass is 146 g/mol. The Morgan fingerprint density at radius 1 is 0.800 bits per heavy atom. The van der Waals surface area contributed by atoms with Crippen LogP contribution in [0.2, 0.25) is 0 Å². The molecule has 0 amide bonds. The zero-order chi connectivity index (χ0) is 0. The van der Waals surface area contributed by atoms with Crippen LogP contribution in [0, 0.1) is 0 Å². The summed E-state index contributed by atoms with van der Waals surface area (Å²) in [6.07, 6.45) is 0. The minimum Gasteiger partial charge on any atom is -2.00 e. The van der Waals surface area contributed by atoms with Gasteiger partial charge in [0.2, 0.25) is 0 Å². The zero-order valence-corrected chi connectivity index (χ0v) is 12.2. The summed E-state index contributed by atoms with van der Waals surface area (Å²) in [5.41, 5.74) is 0. The average Bonchev–Trinajstić information content (AvgIpc) is 0. The van der Waals surface area contributed by atoms with Gasteiger partial charge in [-0.2, -0.15) is 0 Å². The molecule has 5 heteroatoms. The molecule has 0 heterocycles. The van der Waals surface area contributed by atoms with E-state index >= 15 is 0 Å². The van der Waals surface area contributed by atoms with Crippen LogP contribution in [0.15, 0.2) is 0 Å². The Labute approximate surface area is 142 Å². The van der Waals surface area contributed by atoms with E-state index in [1.165, 1.54) is 0 Å². The minimum atomic E-state index is 0. The van der Waals surface area contributed by atoms with Crippen molar-refractivity contribution in [2.45, 2.75) is 0 Å². The van der Waals surface area contributed by atoms with Crippen LogP contribution >= 0.6 is 0 Å². The molecule has 0 radical (unpaired) electrons. The third-order valence-electron chi connectivity index (χ3n) is 0. The molecule has 0 unspecified atom stereocenters. The second-order valence-corrected chi connectivity index (χ2v) is 0. The Bertz CT molecular complexity index is 16.5. The molecule has 0 fully saturated rings. The maximum atomic E-state index is 0. The minimum absolute atomic E-state index is 0. The van der Waals surface area contributed by atoms with Crippen LogP contribution in [0.1, 0.15) is 5.71 Å². The standard InChI is InChI=1S/2Ca.2Na.O.4H/q2*+2;2*+1;-2;4*-1. The van der Waals surface area contributed by atoms with Gasteiger partial charge in [-0.25, -0.2) is 0 Å². The van der Waals surface area contributed by atoms with E-state index in [0.717, 1.165) is 0 Å². The summed E-state index contributed by atoms with van der Waals surface area (Å²) >= 11 is 0. The van der Waals surface area contributed by atoms with E-state index < -0.39 is 0 Å². The van der Waals surface area contributed by atoms with Crippen molar-refractivity contribution in [3.8, 4) is 0 Å². The van der Waals surface area contributed by atoms with Crippen molar-refractivity contribution in [3.05, 3.63) is 0 Å². The van der Waals surface area contributed by atoms with E-state index in [0.29, 0.717) is 0 Å². The van der Waals surface area contributed by atoms with Gasteiger partial charge in [0.05, 0.1) is 0 Å². The smallest absolute Gasteiger partial charge is 2.00 e. The molecule has 0 saturated heterocycles. The second kappa shape index (κ2) is 23.6. The number of hydrogen-bond donors (Lipinski definition) is 0. The Morgan fingerprint density at radius 3 is 0.800 bits per heavy atom. The molecule has 0 N–H and O–H groups in total. The maximum absolute atomic E-state index is 0. The summed E-state index contributed by atoms with van der Waals surface area (Å²) in [5, 5.41) is 0. The molecule has 0 aromatic heterocycles. The maximum Gasteiger partial charge on any atom is 2.00 e. The number of hydrogen-bond acceptors (Lipinski definition) is 0. The normalized spacial score (nSPS) is 0. The fourth-order valence-corrected chi connectivity index (χ4v) is 0. The van der Waals surface area contributed by atoms with Crippen molar-refractivity contribution in [2.75, 3.05) is 0 Å². The van der Waals surface area contributed by atoms with Crippen LogP contribution < -0.4 is 59.1 Å². The summed E-state index contributed by atoms with van der Waals surface area (Å²) in [6, 6.07) is 0. The van der Waals surface area contributed by atoms with E-state index in [1.807, 2.05) is 0 Å². The molecule has 0 spiro atoms. The Balaban J connectivity index is 0. The molecule has 5 heavy (non-hydrogen) atoms. The first-order valence-electron chi connectivity index (χ1n) is 0. The molecule has 16 valence electrons. The topological polar surface area (TPSA) is 28.5 Å². The molecule has 0 aliphatic rings. The van der Waals surface area contributed by atoms with E-state index in [-0.39, 0.29) is 146 Å². The first kappa shape index (κ1) is 34.0. The average molecular weight is 146 g/mol. The fraction of sp³-hybridized carbons (Fsp3) is 0. The van der Waals surface area contributed by atoms with Gasteiger partial charge in [-0.05, 0) is 0 Å². The molecule has 0 rings (SSSR count). The first-order chi connectivity index (χ1) is 0. The predicted octanol–water partition coefficient (Wildman–Crippen LogP) is -6.42. The van der Waals surface area contributed by atoms with Crippen molar-refractivity contribution in [3.63, 3.8) is 0 Å². The third kappa shape index (κ3) is 17.7. The summed E-state index contributed by atoms with van der Waals surface area (Å²) < 4.78 is 0. The van der Waals surface area contributed by atoms with Gasteiger partial charge in [-0.3, -0.25) is 0 Å². The predicted molar refractivity (Wildman–Crippen MR) is 16.6 cm³/mol. The van der Waals surface area contributed by atoms with Gasteiger partial charge >= 0.3 is 135 Å². The van der Waals surface area contributed by atoms with Crippen molar-refractivity contribution in [2.24, 2.45) is 0 Å². The van der Waals surface area contributed by atoms with Crippen molar-refractivity contribution in [1.29, 1.82) is 0 Å². The van der Waals surface area contributed by atoms with E-state index in [4.69, 9.17) is 0 Å². The SMILES string of the molecule is [Ca+2].[Ca+2].[H-].[H-].[H-].[H-].[Na+].[Na+].[O-2]. The molecular weight excluding hydrogens is 142 g/mol. The first-order valence-corrected chi connectivity index (χ1v) is 0. The summed E-state index contributed by atoms with van der Waals surface area (Å²) in [7, 11) is 0. The van der Waals surface area contributed by atoms with Crippen LogP contribution in [-0.2, 0) is 5.48 Å². The molecule has 0 saturated carbocycles. The van der Waals surface area contributed by atoms with Gasteiger partial charge < -0.3 is 11.2 Å². The van der Waals surface area contributed by atoms with Gasteiger partial charge in [0.25, 0.3) is 0 Å². The summed E-state index contributed by atoms with van der Waals surface area (Å²) in [5.74, 6) is 0. The van der Waals surface area contributed by atoms with Crippen molar-refractivity contribution < 1.29 is 70.3 Å². The molecule has 0 aromatic carbocycles. The van der Waals surface area contributed by atoms with E-state index in [1.54, 1.807) is 0 Å². The molecule has 0 bridgehead atoms. The Kier molecular flexibility index (Phi) is 161. The van der Waals surface area contributed by atoms with Gasteiger partial charge in [-0.15, -0.1) is 0 Å². The Morgan fingerprint density at radius 2 is 0.800 bits per heavy atom. The largest absolute Gasteiger partial charge is 2.00 e. The van der Waals surface area contributed by atoms with Gasteiger partial charge in [0.1, 0.15) is 0 Å². The van der Waals surface area contributed by atoms with Gasteiger partial charge in [-0.1, -0.05) is 0 Å². The third-order valence-corrected chi connectivity index (χ3v) is 0. The summed E-state index contributed by atoms with van der Waals surface area (Å²) in [4.78, 5) is 0. The van der Waals surface area contributed by atoms with Crippen LogP contribution in [0.5, 0.6) is 0 Å². The zero-order valence-electron chi connectivity index (χ0n) is 7.82. The molecular formula is H4Ca2Na2O. The van der Waals surface area contributed by atoms with Crippen LogP contribution in [0.25, 0.3) is 0 Å². The molecule has 1 nitrogen and oxygen atoms in total.